The molecule has 0 unspecified atom stereocenters. The summed E-state index contributed by atoms with van der Waals surface area (Å²) in [5, 5.41) is 2.09. The maximum Gasteiger partial charge on any atom is 0.254 e. The van der Waals surface area contributed by atoms with E-state index in [1.54, 1.807) is 23.3 Å². The van der Waals surface area contributed by atoms with Crippen molar-refractivity contribution in [2.75, 3.05) is 40.0 Å². The lowest BCUT2D eigenvalue weighted by molar-refractivity contribution is -0.135. The number of aryl methyl sites for hydroxylation is 1. The molecule has 1 aliphatic rings. The number of benzene rings is 2. The first-order chi connectivity index (χ1) is 18.4. The number of nitrogens with zero attached hydrogens (tertiary/aromatic N) is 2. The molecule has 202 valence electrons. The molecular weight excluding hydrogens is 496 g/mol. The van der Waals surface area contributed by atoms with Crippen LogP contribution in [-0.2, 0) is 16.0 Å². The molecule has 2 heterocycles. The van der Waals surface area contributed by atoms with Crippen LogP contribution in [0.25, 0.3) is 0 Å². The summed E-state index contributed by atoms with van der Waals surface area (Å²) < 4.78 is 11.4. The van der Waals surface area contributed by atoms with E-state index in [1.807, 2.05) is 48.2 Å². The Morgan fingerprint density at radius 1 is 1.11 bits per heavy atom. The molecule has 0 bridgehead atoms. The Morgan fingerprint density at radius 2 is 1.87 bits per heavy atom. The number of fused-ring (bicyclic) bond motifs is 1. The fourth-order valence-electron chi connectivity index (χ4n) is 4.89. The Balaban J connectivity index is 1.51. The van der Waals surface area contributed by atoms with Gasteiger partial charge in [-0.05, 0) is 72.0 Å². The second-order valence-electron chi connectivity index (χ2n) is 10.1. The molecule has 0 spiro atoms. The highest BCUT2D eigenvalue weighted by atomic mass is 32.1. The molecule has 1 aliphatic heterocycles. The summed E-state index contributed by atoms with van der Waals surface area (Å²) in [5.74, 6) is 1.06. The summed E-state index contributed by atoms with van der Waals surface area (Å²) in [6.45, 7) is 8.24. The molecule has 4 rings (SSSR count). The number of rotatable bonds is 11. The van der Waals surface area contributed by atoms with Gasteiger partial charge in [0.25, 0.3) is 5.91 Å². The third-order valence-electron chi connectivity index (χ3n) is 7.14. The molecule has 7 heteroatoms. The molecule has 38 heavy (non-hydrogen) atoms. The maximum atomic E-state index is 13.8. The molecule has 0 fully saturated rings. The second kappa shape index (κ2) is 13.1. The molecule has 6 nitrogen and oxygen atoms in total. The number of ether oxygens (including phenoxy) is 2. The monoisotopic (exact) mass is 534 g/mol. The van der Waals surface area contributed by atoms with Crippen molar-refractivity contribution in [2.45, 2.75) is 45.6 Å². The highest BCUT2D eigenvalue weighted by Gasteiger charge is 2.33. The zero-order valence-electron chi connectivity index (χ0n) is 22.8. The molecule has 3 aromatic rings. The molecule has 0 saturated carbocycles. The van der Waals surface area contributed by atoms with Gasteiger partial charge >= 0.3 is 0 Å². The van der Waals surface area contributed by atoms with Crippen LogP contribution in [0.4, 0.5) is 0 Å². The fourth-order valence-corrected chi connectivity index (χ4v) is 5.82. The molecule has 0 N–H and O–H groups in total. The molecule has 0 saturated heterocycles. The van der Waals surface area contributed by atoms with E-state index in [0.29, 0.717) is 44.2 Å². The van der Waals surface area contributed by atoms with Gasteiger partial charge < -0.3 is 19.3 Å². The van der Waals surface area contributed by atoms with E-state index in [-0.39, 0.29) is 24.4 Å². The third-order valence-corrected chi connectivity index (χ3v) is 8.13. The molecule has 2 aromatic carbocycles. The van der Waals surface area contributed by atoms with E-state index in [1.165, 1.54) is 10.4 Å². The lowest BCUT2D eigenvalue weighted by atomic mass is 10.00. The number of hydrogen-bond donors (Lipinski definition) is 0. The molecule has 1 aromatic heterocycles. The van der Waals surface area contributed by atoms with Crippen LogP contribution in [0.3, 0.4) is 0 Å². The zero-order valence-corrected chi connectivity index (χ0v) is 23.6. The molecule has 2 amide bonds. The minimum atomic E-state index is -0.198. The van der Waals surface area contributed by atoms with Gasteiger partial charge in [0.1, 0.15) is 18.9 Å². The third kappa shape index (κ3) is 6.63. The van der Waals surface area contributed by atoms with Gasteiger partial charge in [0.2, 0.25) is 5.91 Å². The van der Waals surface area contributed by atoms with Gasteiger partial charge in [0.15, 0.2) is 0 Å². The second-order valence-corrected chi connectivity index (χ2v) is 11.1. The smallest absolute Gasteiger partial charge is 0.254 e. The molecule has 1 atom stereocenters. The van der Waals surface area contributed by atoms with Gasteiger partial charge in [-0.25, -0.2) is 0 Å². The van der Waals surface area contributed by atoms with Crippen molar-refractivity contribution in [3.63, 3.8) is 0 Å². The Hall–Kier alpha value is -3.16. The van der Waals surface area contributed by atoms with Gasteiger partial charge in [-0.3, -0.25) is 9.59 Å². The van der Waals surface area contributed by atoms with Gasteiger partial charge in [-0.2, -0.15) is 0 Å². The maximum absolute atomic E-state index is 13.8. The summed E-state index contributed by atoms with van der Waals surface area (Å²) in [5.41, 5.74) is 3.93. The normalized spacial score (nSPS) is 14.9. The van der Waals surface area contributed by atoms with Crippen molar-refractivity contribution >= 4 is 23.2 Å². The van der Waals surface area contributed by atoms with Crippen LogP contribution in [-0.4, -0.2) is 61.6 Å². The van der Waals surface area contributed by atoms with Crippen LogP contribution in [0.1, 0.15) is 64.2 Å². The van der Waals surface area contributed by atoms with E-state index in [4.69, 9.17) is 9.47 Å². The fraction of sp³-hybridized carbons (Fsp3) is 0.419. The number of amides is 2. The van der Waals surface area contributed by atoms with Crippen LogP contribution in [0, 0.1) is 6.92 Å². The lowest BCUT2D eigenvalue weighted by Crippen LogP contribution is -2.48. The predicted molar refractivity (Wildman–Crippen MR) is 152 cm³/mol. The van der Waals surface area contributed by atoms with Gasteiger partial charge in [-0.15, -0.1) is 11.3 Å². The molecular formula is C31H38N2O4S. The standard InChI is InChI=1S/C31H38N2O4S/c1-22(2)24-10-12-25(13-11-24)37-21-28-27-15-19-38-29(27)14-17-33(28)30(34)20-32(16-7-18-36-4)31(35)26-9-6-5-8-23(26)3/h5-6,8-13,15,19,22,28H,7,14,16-18,20-21H2,1-4H3/t28-/m0/s1. The van der Waals surface area contributed by atoms with Crippen molar-refractivity contribution in [1.82, 2.24) is 9.80 Å². The van der Waals surface area contributed by atoms with Crippen molar-refractivity contribution in [3.8, 4) is 5.75 Å². The van der Waals surface area contributed by atoms with Crippen molar-refractivity contribution in [1.29, 1.82) is 0 Å². The van der Waals surface area contributed by atoms with Crippen molar-refractivity contribution in [2.24, 2.45) is 0 Å². The van der Waals surface area contributed by atoms with Gasteiger partial charge in [0, 0.05) is 37.2 Å². The SMILES string of the molecule is COCCCN(CC(=O)N1CCc2sccc2[C@@H]1COc1ccc(C(C)C)cc1)C(=O)c1ccccc1C. The quantitative estimate of drug-likeness (QED) is 0.289. The molecule has 0 radical (unpaired) electrons. The predicted octanol–water partition coefficient (Wildman–Crippen LogP) is 5.86. The Bertz CT molecular complexity index is 1220. The van der Waals surface area contributed by atoms with Crippen LogP contribution in [0.15, 0.2) is 60.0 Å². The van der Waals surface area contributed by atoms with E-state index in [2.05, 4.69) is 37.4 Å². The highest BCUT2D eigenvalue weighted by Crippen LogP contribution is 2.34. The van der Waals surface area contributed by atoms with E-state index < -0.39 is 0 Å². The Kier molecular flexibility index (Phi) is 9.58. The average Bonchev–Trinajstić information content (AvgIpc) is 3.40. The first kappa shape index (κ1) is 27.9. The minimum absolute atomic E-state index is 0.0237. The number of carbonyl (C=O) groups is 2. The largest absolute Gasteiger partial charge is 0.491 e. The number of methoxy groups -OCH3 is 1. The van der Waals surface area contributed by atoms with E-state index in [9.17, 15) is 9.59 Å². The summed E-state index contributed by atoms with van der Waals surface area (Å²) in [7, 11) is 1.64. The molecule has 0 aliphatic carbocycles. The van der Waals surface area contributed by atoms with Crippen molar-refractivity contribution < 1.29 is 19.1 Å². The van der Waals surface area contributed by atoms with Crippen LogP contribution >= 0.6 is 11.3 Å². The number of hydrogen-bond acceptors (Lipinski definition) is 5. The average molecular weight is 535 g/mol. The summed E-state index contributed by atoms with van der Waals surface area (Å²) >= 11 is 1.73. The Labute approximate surface area is 230 Å². The van der Waals surface area contributed by atoms with E-state index in [0.717, 1.165) is 23.3 Å². The number of carbonyl (C=O) groups excluding carboxylic acids is 2. The first-order valence-corrected chi connectivity index (χ1v) is 14.2. The van der Waals surface area contributed by atoms with Crippen LogP contribution in [0.5, 0.6) is 5.75 Å². The van der Waals surface area contributed by atoms with E-state index >= 15 is 0 Å². The van der Waals surface area contributed by atoms with Crippen molar-refractivity contribution in [3.05, 3.63) is 87.1 Å². The minimum Gasteiger partial charge on any atom is -0.491 e. The summed E-state index contributed by atoms with van der Waals surface area (Å²) in [6.07, 6.45) is 1.47. The highest BCUT2D eigenvalue weighted by molar-refractivity contribution is 7.10. The van der Waals surface area contributed by atoms with Gasteiger partial charge in [-0.1, -0.05) is 44.2 Å². The first-order valence-electron chi connectivity index (χ1n) is 13.3. The topological polar surface area (TPSA) is 59.1 Å². The Morgan fingerprint density at radius 3 is 2.58 bits per heavy atom. The zero-order chi connectivity index (χ0) is 27.1. The number of thiophene rings is 1. The summed E-state index contributed by atoms with van der Waals surface area (Å²) in [4.78, 5) is 32.1. The van der Waals surface area contributed by atoms with Crippen LogP contribution < -0.4 is 4.74 Å². The van der Waals surface area contributed by atoms with Crippen LogP contribution in [0.2, 0.25) is 0 Å². The van der Waals surface area contributed by atoms with Gasteiger partial charge in [0.05, 0.1) is 6.04 Å². The summed E-state index contributed by atoms with van der Waals surface area (Å²) in [6, 6.07) is 17.6. The lowest BCUT2D eigenvalue weighted by Gasteiger charge is -2.37.